The van der Waals surface area contributed by atoms with E-state index in [0.717, 1.165) is 0 Å². The van der Waals surface area contributed by atoms with Crippen LogP contribution >= 0.6 is 0 Å². The van der Waals surface area contributed by atoms with Crippen molar-refractivity contribution in [2.45, 2.75) is 0 Å². The van der Waals surface area contributed by atoms with E-state index in [9.17, 15) is 0 Å². The zero-order chi connectivity index (χ0) is 8.08. The van der Waals surface area contributed by atoms with Crippen molar-refractivity contribution < 1.29 is 264 Å². The van der Waals surface area contributed by atoms with E-state index in [4.69, 9.17) is 26.7 Å². The van der Waals surface area contributed by atoms with Crippen molar-refractivity contribution in [3.63, 3.8) is 0 Å². The molecule has 0 radical (unpaired) electrons. The van der Waals surface area contributed by atoms with Gasteiger partial charge in [-0.1, -0.05) is 0 Å². The number of hydrogen-bond acceptors (Lipinski definition) is 7. The Kier molecular flexibility index (Phi) is 68.2. The molecule has 57 valence electrons. The van der Waals surface area contributed by atoms with Crippen LogP contribution < -0.4 is 221 Å². The molecule has 0 heterocycles. The molecule has 0 aliphatic heterocycles. The van der Waals surface area contributed by atoms with Crippen LogP contribution in [0.3, 0.4) is 0 Å². The van der Waals surface area contributed by atoms with E-state index < -0.39 is 32.0 Å². The predicted octanol–water partition coefficient (Wildman–Crippen LogP) is -17.1. The second-order valence-corrected chi connectivity index (χ2v) is 2.59. The van der Waals surface area contributed by atoms with E-state index in [1.54, 1.807) is 0 Å². The van der Waals surface area contributed by atoms with Gasteiger partial charge in [-0.15, -0.1) is 0 Å². The van der Waals surface area contributed by atoms with Crippen LogP contribution in [0.2, 0.25) is 0 Å². The molecule has 13 heteroatoms. The van der Waals surface area contributed by atoms with E-state index in [1.807, 2.05) is 0 Å². The van der Waals surface area contributed by atoms with Crippen molar-refractivity contribution in [1.29, 1.82) is 0 Å². The van der Waals surface area contributed by atoms with Crippen LogP contribution in [-0.2, 0) is 43.0 Å². The van der Waals surface area contributed by atoms with Crippen LogP contribution in [0.5, 0.6) is 0 Å². The maximum atomic E-state index is 8.58. The van der Waals surface area contributed by atoms with Gasteiger partial charge in [-0.05, 0) is 0 Å². The van der Waals surface area contributed by atoms with Crippen molar-refractivity contribution in [3.05, 3.63) is 0 Å². The van der Waals surface area contributed by atoms with Gasteiger partial charge in [0.05, 0.1) is 0 Å². The van der Waals surface area contributed by atoms with Gasteiger partial charge in [0.25, 0.3) is 0 Å². The minimum atomic E-state index is -5.62. The Morgan fingerprint density at radius 3 is 0.846 bits per heavy atom. The molecule has 0 atom stereocenters. The summed E-state index contributed by atoms with van der Waals surface area (Å²) in [5.74, 6) is 0. The average molecular weight is 371 g/mol. The Morgan fingerprint density at radius 1 is 0.846 bits per heavy atom. The summed E-state index contributed by atoms with van der Waals surface area (Å²) < 4.78 is 60.1. The monoisotopic (exact) mass is 371 g/mol. The third kappa shape index (κ3) is 112. The topological polar surface area (TPSA) is 143 Å². The van der Waals surface area contributed by atoms with Crippen LogP contribution in [-0.4, -0.2) is 0 Å². The van der Waals surface area contributed by atoms with E-state index in [-0.39, 0.29) is 206 Å². The molecule has 0 aliphatic carbocycles. The van der Waals surface area contributed by atoms with E-state index >= 15 is 0 Å². The molecule has 0 aromatic rings. The standard InChI is InChI=1S/4K.Mn.7O.Ti/q4*+1;;;;;4*-1;. The predicted molar refractivity (Wildman–Crippen MR) is 2.06 cm³/mol. The molecule has 0 spiro atoms. The molecule has 0 aromatic carbocycles. The molecule has 0 amide bonds. The van der Waals surface area contributed by atoms with Crippen molar-refractivity contribution >= 4 is 0 Å². The third-order valence-corrected chi connectivity index (χ3v) is 0. The fraction of sp³-hybridized carbons (Fsp3) is 0. The minimum absolute atomic E-state index is 0. The molecule has 0 aliphatic rings. The summed E-state index contributed by atoms with van der Waals surface area (Å²) in [4.78, 5) is 0. The summed E-state index contributed by atoms with van der Waals surface area (Å²) in [6, 6.07) is 0. The van der Waals surface area contributed by atoms with Crippen molar-refractivity contribution in [2.75, 3.05) is 0 Å². The normalized spacial score (nSPS) is 6.46. The second-order valence-electron chi connectivity index (χ2n) is 0.628. The van der Waals surface area contributed by atoms with Gasteiger partial charge in [0.1, 0.15) is 0 Å². The molecule has 0 N–H and O–H groups in total. The van der Waals surface area contributed by atoms with E-state index in [1.165, 1.54) is 0 Å². The first-order valence-electron chi connectivity index (χ1n) is 1.23. The molecule has 0 aromatic heterocycles. The molecule has 13 heavy (non-hydrogen) atoms. The fourth-order valence-corrected chi connectivity index (χ4v) is 0. The zero-order valence-corrected chi connectivity index (χ0v) is 23.0. The molecule has 0 fully saturated rings. The Labute approximate surface area is 255 Å². The Balaban J connectivity index is -0.0000000146. The number of hydrogen-bond donors (Lipinski definition) is 0. The van der Waals surface area contributed by atoms with Crippen molar-refractivity contribution in [1.82, 2.24) is 0 Å². The van der Waals surface area contributed by atoms with Gasteiger partial charge in [-0.25, -0.2) is 0 Å². The van der Waals surface area contributed by atoms with Crippen LogP contribution in [0.1, 0.15) is 0 Å². The summed E-state index contributed by atoms with van der Waals surface area (Å²) in [7, 11) is 0. The molecule has 0 rings (SSSR count). The first kappa shape index (κ1) is 36.8. The molecule has 0 saturated heterocycles. The molecule has 0 bridgehead atoms. The summed E-state index contributed by atoms with van der Waals surface area (Å²) in [6.45, 7) is 0. The molecule has 0 unspecified atom stereocenters. The summed E-state index contributed by atoms with van der Waals surface area (Å²) in [5.41, 5.74) is 0. The Bertz CT molecular complexity index is 163. The van der Waals surface area contributed by atoms with Gasteiger partial charge in [-0.2, -0.15) is 0 Å². The van der Waals surface area contributed by atoms with Gasteiger partial charge >= 0.3 is 264 Å². The van der Waals surface area contributed by atoms with Gasteiger partial charge < -0.3 is 0 Å². The van der Waals surface area contributed by atoms with Crippen LogP contribution in [0.4, 0.5) is 0 Å². The quantitative estimate of drug-likeness (QED) is 0.385. The maximum absolute atomic E-state index is 8.58. The third-order valence-electron chi connectivity index (χ3n) is 0. The van der Waals surface area contributed by atoms with Gasteiger partial charge in [-0.3, -0.25) is 0 Å². The van der Waals surface area contributed by atoms with Gasteiger partial charge in [0.15, 0.2) is 0 Å². The fourth-order valence-electron chi connectivity index (χ4n) is 0. The number of rotatable bonds is 0. The van der Waals surface area contributed by atoms with Crippen LogP contribution in [0.15, 0.2) is 0 Å². The second kappa shape index (κ2) is 24.1. The first-order chi connectivity index (χ1) is 3.73. The van der Waals surface area contributed by atoms with Crippen molar-refractivity contribution in [2.24, 2.45) is 0 Å². The molecular weight excluding hydrogens is 371 g/mol. The van der Waals surface area contributed by atoms with Crippen LogP contribution in [0.25, 0.3) is 0 Å². The zero-order valence-electron chi connectivity index (χ0n) is 7.74. The molecular formula is K4MnO7Ti. The SMILES string of the molecule is [K+].[K+].[K+].[K+].[O]=[Mn](=[O])([O-])[O-].[O]=[Ti]([O-])[O-]. The average Bonchev–Trinajstić information content (AvgIpc) is 1.19. The van der Waals surface area contributed by atoms with E-state index in [2.05, 4.69) is 0 Å². The van der Waals surface area contributed by atoms with Crippen LogP contribution in [0, 0.1) is 0 Å². The summed E-state index contributed by atoms with van der Waals surface area (Å²) >= 11 is -9.71. The Morgan fingerprint density at radius 2 is 0.846 bits per heavy atom. The van der Waals surface area contributed by atoms with Gasteiger partial charge in [0, 0.05) is 0 Å². The van der Waals surface area contributed by atoms with Gasteiger partial charge in [0.2, 0.25) is 0 Å². The summed E-state index contributed by atoms with van der Waals surface area (Å²) in [6.07, 6.45) is 0. The molecule has 0 saturated carbocycles. The first-order valence-corrected chi connectivity index (χ1v) is 5.07. The summed E-state index contributed by atoms with van der Waals surface area (Å²) in [5, 5.41) is 0. The molecule has 7 nitrogen and oxygen atoms in total. The Hall–Kier alpha value is 7.02. The van der Waals surface area contributed by atoms with E-state index in [0.29, 0.717) is 0 Å². The van der Waals surface area contributed by atoms with Crippen molar-refractivity contribution in [3.8, 4) is 0 Å².